The summed E-state index contributed by atoms with van der Waals surface area (Å²) in [5.41, 5.74) is 1.03. The molecule has 0 heterocycles. The summed E-state index contributed by atoms with van der Waals surface area (Å²) < 4.78 is 10.3. The maximum Gasteiger partial charge on any atom is 0.126 e. The molecule has 0 saturated carbocycles. The Labute approximate surface area is 78.8 Å². The first-order valence-corrected chi connectivity index (χ1v) is 4.29. The molecule has 0 aliphatic carbocycles. The highest BCUT2D eigenvalue weighted by Crippen LogP contribution is 2.18. The van der Waals surface area contributed by atoms with Gasteiger partial charge >= 0.3 is 0 Å². The topological polar surface area (TPSA) is 18.5 Å². The van der Waals surface area contributed by atoms with E-state index in [4.69, 9.17) is 9.47 Å². The molecule has 0 fully saturated rings. The van der Waals surface area contributed by atoms with Crippen molar-refractivity contribution in [2.24, 2.45) is 0 Å². The molecule has 0 amide bonds. The van der Waals surface area contributed by atoms with E-state index in [-0.39, 0.29) is 0 Å². The lowest BCUT2D eigenvalue weighted by Crippen LogP contribution is -1.85. The van der Waals surface area contributed by atoms with Crippen LogP contribution in [0.1, 0.15) is 12.5 Å². The van der Waals surface area contributed by atoms with Gasteiger partial charge in [0.05, 0.1) is 20.0 Å². The summed E-state index contributed by atoms with van der Waals surface area (Å²) in [5.74, 6) is 0.860. The number of methoxy groups -OCH3 is 1. The standard InChI is InChI=1S/C11H14O2/c1-3-13-9-8-10-6-4-5-7-11(10)12-2/h4-9H,3H2,1-2H3/b9-8+. The van der Waals surface area contributed by atoms with Crippen LogP contribution in [0.4, 0.5) is 0 Å². The number of rotatable bonds is 4. The van der Waals surface area contributed by atoms with E-state index in [1.807, 2.05) is 37.3 Å². The fraction of sp³-hybridized carbons (Fsp3) is 0.273. The Hall–Kier alpha value is -1.44. The molecule has 1 aromatic rings. The van der Waals surface area contributed by atoms with Crippen LogP contribution in [0.5, 0.6) is 5.75 Å². The van der Waals surface area contributed by atoms with Crippen molar-refractivity contribution in [3.05, 3.63) is 36.1 Å². The van der Waals surface area contributed by atoms with E-state index in [0.717, 1.165) is 11.3 Å². The van der Waals surface area contributed by atoms with Crippen LogP contribution in [0.2, 0.25) is 0 Å². The molecule has 1 rings (SSSR count). The van der Waals surface area contributed by atoms with Gasteiger partial charge in [0.2, 0.25) is 0 Å². The maximum absolute atomic E-state index is 5.17. The zero-order valence-corrected chi connectivity index (χ0v) is 7.99. The van der Waals surface area contributed by atoms with Crippen molar-refractivity contribution in [2.75, 3.05) is 13.7 Å². The van der Waals surface area contributed by atoms with Gasteiger partial charge in [0.25, 0.3) is 0 Å². The molecule has 0 radical (unpaired) electrons. The lowest BCUT2D eigenvalue weighted by Gasteiger charge is -2.02. The summed E-state index contributed by atoms with van der Waals surface area (Å²) in [6.07, 6.45) is 3.57. The van der Waals surface area contributed by atoms with E-state index in [0.29, 0.717) is 6.61 Å². The minimum atomic E-state index is 0.686. The van der Waals surface area contributed by atoms with Crippen LogP contribution in [0, 0.1) is 0 Å². The van der Waals surface area contributed by atoms with Gasteiger partial charge in [-0.15, -0.1) is 0 Å². The Morgan fingerprint density at radius 2 is 2.08 bits per heavy atom. The first-order valence-electron chi connectivity index (χ1n) is 4.29. The molecule has 0 bridgehead atoms. The molecular weight excluding hydrogens is 164 g/mol. The van der Waals surface area contributed by atoms with Crippen molar-refractivity contribution in [1.29, 1.82) is 0 Å². The summed E-state index contributed by atoms with van der Waals surface area (Å²) >= 11 is 0. The molecule has 70 valence electrons. The van der Waals surface area contributed by atoms with E-state index in [2.05, 4.69) is 0 Å². The molecule has 0 unspecified atom stereocenters. The lowest BCUT2D eigenvalue weighted by molar-refractivity contribution is 0.272. The Morgan fingerprint density at radius 1 is 1.31 bits per heavy atom. The van der Waals surface area contributed by atoms with Gasteiger partial charge in [-0.25, -0.2) is 0 Å². The molecule has 13 heavy (non-hydrogen) atoms. The summed E-state index contributed by atoms with van der Waals surface area (Å²) in [6.45, 7) is 2.64. The van der Waals surface area contributed by atoms with Crippen LogP contribution < -0.4 is 4.74 Å². The van der Waals surface area contributed by atoms with Crippen LogP contribution in [0.15, 0.2) is 30.5 Å². The molecule has 0 aliphatic heterocycles. The zero-order valence-electron chi connectivity index (χ0n) is 7.99. The van der Waals surface area contributed by atoms with Gasteiger partial charge in [-0.1, -0.05) is 18.2 Å². The highest BCUT2D eigenvalue weighted by atomic mass is 16.5. The van der Waals surface area contributed by atoms with Crippen LogP contribution in [0.3, 0.4) is 0 Å². The van der Waals surface area contributed by atoms with E-state index in [1.165, 1.54) is 0 Å². The van der Waals surface area contributed by atoms with Crippen molar-refractivity contribution in [1.82, 2.24) is 0 Å². The van der Waals surface area contributed by atoms with Crippen molar-refractivity contribution >= 4 is 6.08 Å². The number of benzene rings is 1. The Morgan fingerprint density at radius 3 is 2.77 bits per heavy atom. The number of hydrogen-bond donors (Lipinski definition) is 0. The third-order valence-electron chi connectivity index (χ3n) is 1.65. The fourth-order valence-corrected chi connectivity index (χ4v) is 1.02. The fourth-order valence-electron chi connectivity index (χ4n) is 1.02. The minimum Gasteiger partial charge on any atom is -0.501 e. The Bertz CT molecular complexity index is 279. The normalized spacial score (nSPS) is 10.3. The van der Waals surface area contributed by atoms with Gasteiger partial charge in [0, 0.05) is 5.56 Å². The number of hydrogen-bond acceptors (Lipinski definition) is 2. The van der Waals surface area contributed by atoms with Gasteiger partial charge in [0.15, 0.2) is 0 Å². The Balaban J connectivity index is 2.74. The first kappa shape index (κ1) is 9.65. The summed E-state index contributed by atoms with van der Waals surface area (Å²) in [6, 6.07) is 7.81. The van der Waals surface area contributed by atoms with E-state index < -0.39 is 0 Å². The van der Waals surface area contributed by atoms with Crippen LogP contribution in [-0.2, 0) is 4.74 Å². The van der Waals surface area contributed by atoms with Crippen LogP contribution in [-0.4, -0.2) is 13.7 Å². The highest BCUT2D eigenvalue weighted by molar-refractivity contribution is 5.56. The highest BCUT2D eigenvalue weighted by Gasteiger charge is 1.95. The number of ether oxygens (including phenoxy) is 2. The summed E-state index contributed by atoms with van der Waals surface area (Å²) in [5, 5.41) is 0. The Kier molecular flexibility index (Phi) is 3.89. The molecule has 2 nitrogen and oxygen atoms in total. The van der Waals surface area contributed by atoms with Gasteiger partial charge in [0.1, 0.15) is 5.75 Å². The zero-order chi connectivity index (χ0) is 9.52. The molecular formula is C11H14O2. The third-order valence-corrected chi connectivity index (χ3v) is 1.65. The summed E-state index contributed by atoms with van der Waals surface area (Å²) in [4.78, 5) is 0. The predicted molar refractivity (Wildman–Crippen MR) is 53.7 cm³/mol. The summed E-state index contributed by atoms with van der Waals surface area (Å²) in [7, 11) is 1.66. The third kappa shape index (κ3) is 2.82. The van der Waals surface area contributed by atoms with E-state index in [9.17, 15) is 0 Å². The molecule has 0 N–H and O–H groups in total. The van der Waals surface area contributed by atoms with Crippen LogP contribution >= 0.6 is 0 Å². The van der Waals surface area contributed by atoms with E-state index in [1.54, 1.807) is 13.4 Å². The SMILES string of the molecule is CCO/C=C/c1ccccc1OC. The molecule has 0 atom stereocenters. The van der Waals surface area contributed by atoms with Crippen molar-refractivity contribution in [2.45, 2.75) is 6.92 Å². The first-order chi connectivity index (χ1) is 6.38. The van der Waals surface area contributed by atoms with Gasteiger partial charge in [-0.2, -0.15) is 0 Å². The average molecular weight is 178 g/mol. The van der Waals surface area contributed by atoms with E-state index >= 15 is 0 Å². The maximum atomic E-state index is 5.17. The van der Waals surface area contributed by atoms with Gasteiger partial charge in [-0.05, 0) is 19.1 Å². The van der Waals surface area contributed by atoms with Gasteiger partial charge < -0.3 is 9.47 Å². The molecule has 2 heteroatoms. The molecule has 0 aromatic heterocycles. The molecule has 0 aliphatic rings. The monoisotopic (exact) mass is 178 g/mol. The second-order valence-electron chi connectivity index (χ2n) is 2.50. The molecule has 1 aromatic carbocycles. The van der Waals surface area contributed by atoms with Crippen LogP contribution in [0.25, 0.3) is 6.08 Å². The van der Waals surface area contributed by atoms with Gasteiger partial charge in [-0.3, -0.25) is 0 Å². The molecule has 0 saturated heterocycles. The average Bonchev–Trinajstić information content (AvgIpc) is 2.19. The van der Waals surface area contributed by atoms with Crippen molar-refractivity contribution in [3.63, 3.8) is 0 Å². The second-order valence-corrected chi connectivity index (χ2v) is 2.50. The quantitative estimate of drug-likeness (QED) is 0.660. The largest absolute Gasteiger partial charge is 0.501 e. The second kappa shape index (κ2) is 5.25. The predicted octanol–water partition coefficient (Wildman–Crippen LogP) is 2.70. The smallest absolute Gasteiger partial charge is 0.126 e. The molecule has 0 spiro atoms. The number of para-hydroxylation sites is 1. The van der Waals surface area contributed by atoms with Crippen molar-refractivity contribution < 1.29 is 9.47 Å². The van der Waals surface area contributed by atoms with Crippen molar-refractivity contribution in [3.8, 4) is 5.75 Å². The lowest BCUT2D eigenvalue weighted by atomic mass is 10.2. The minimum absolute atomic E-state index is 0.686.